The van der Waals surface area contributed by atoms with E-state index in [0.29, 0.717) is 26.1 Å². The lowest BCUT2D eigenvalue weighted by Crippen LogP contribution is -2.45. The van der Waals surface area contributed by atoms with Crippen LogP contribution >= 0.6 is 24.8 Å². The number of alkyl halides is 3. The summed E-state index contributed by atoms with van der Waals surface area (Å²) in [5.74, 6) is -0.294. The molecule has 0 aromatic heterocycles. The van der Waals surface area contributed by atoms with E-state index in [-0.39, 0.29) is 43.2 Å². The maximum absolute atomic E-state index is 12.2. The van der Waals surface area contributed by atoms with Crippen LogP contribution in [0.1, 0.15) is 6.42 Å². The van der Waals surface area contributed by atoms with E-state index < -0.39 is 18.8 Å². The van der Waals surface area contributed by atoms with Gasteiger partial charge in [0.2, 0.25) is 5.91 Å². The Bertz CT molecular complexity index is 309. The highest BCUT2D eigenvalue weighted by atomic mass is 35.5. The van der Waals surface area contributed by atoms with E-state index in [9.17, 15) is 18.0 Å². The summed E-state index contributed by atoms with van der Waals surface area (Å²) >= 11 is 0. The molecule has 1 aliphatic heterocycles. The third kappa shape index (κ3) is 9.36. The van der Waals surface area contributed by atoms with Crippen LogP contribution in [0.5, 0.6) is 0 Å². The maximum Gasteiger partial charge on any atom is 0.401 e. The molecule has 1 heterocycles. The molecular weight excluding hydrogens is 334 g/mol. The Hall–Kier alpha value is -0.280. The van der Waals surface area contributed by atoms with Crippen LogP contribution in [0.25, 0.3) is 0 Å². The molecule has 2 unspecified atom stereocenters. The zero-order valence-corrected chi connectivity index (χ0v) is 13.3. The van der Waals surface area contributed by atoms with Gasteiger partial charge in [0.05, 0.1) is 13.2 Å². The smallest absolute Gasteiger partial charge is 0.383 e. The van der Waals surface area contributed by atoms with E-state index in [4.69, 9.17) is 10.5 Å². The van der Waals surface area contributed by atoms with E-state index >= 15 is 0 Å². The summed E-state index contributed by atoms with van der Waals surface area (Å²) < 4.78 is 41.3. The summed E-state index contributed by atoms with van der Waals surface area (Å²) in [7, 11) is 1.44. The van der Waals surface area contributed by atoms with E-state index in [1.165, 1.54) is 12.0 Å². The number of hydrogen-bond acceptors (Lipinski definition) is 4. The molecule has 21 heavy (non-hydrogen) atoms. The number of nitrogens with zero attached hydrogens (tertiary/aromatic N) is 1. The second-order valence-corrected chi connectivity index (χ2v) is 4.81. The molecule has 128 valence electrons. The number of nitrogens with one attached hydrogen (secondary N) is 1. The number of carbonyl (C=O) groups excluding carboxylic acids is 1. The van der Waals surface area contributed by atoms with Crippen molar-refractivity contribution in [3.63, 3.8) is 0 Å². The summed E-state index contributed by atoms with van der Waals surface area (Å²) in [4.78, 5) is 12.8. The first kappa shape index (κ1) is 23.0. The Morgan fingerprint density at radius 1 is 1.48 bits per heavy atom. The number of rotatable bonds is 6. The number of ether oxygens (including phenoxy) is 1. The Morgan fingerprint density at radius 3 is 2.62 bits per heavy atom. The predicted molar refractivity (Wildman–Crippen MR) is 78.0 cm³/mol. The normalized spacial score (nSPS) is 20.3. The summed E-state index contributed by atoms with van der Waals surface area (Å²) in [6, 6.07) is -0.738. The number of likely N-dealkylation sites (tertiary alicyclic amines) is 1. The third-order valence-corrected chi connectivity index (χ3v) is 3.02. The lowest BCUT2D eigenvalue weighted by molar-refractivity contribution is -0.143. The van der Waals surface area contributed by atoms with Gasteiger partial charge in [0.1, 0.15) is 6.04 Å². The van der Waals surface area contributed by atoms with Crippen LogP contribution in [0, 0.1) is 5.92 Å². The van der Waals surface area contributed by atoms with Gasteiger partial charge in [-0.3, -0.25) is 9.69 Å². The molecule has 3 N–H and O–H groups in total. The molecule has 0 spiro atoms. The van der Waals surface area contributed by atoms with Crippen LogP contribution < -0.4 is 11.1 Å². The molecule has 1 saturated heterocycles. The van der Waals surface area contributed by atoms with E-state index in [1.807, 2.05) is 0 Å². The molecule has 1 fully saturated rings. The number of halogens is 5. The van der Waals surface area contributed by atoms with Gasteiger partial charge in [-0.05, 0) is 18.9 Å². The molecular formula is C11H22Cl2F3N3O2. The zero-order valence-electron chi connectivity index (χ0n) is 11.7. The minimum absolute atomic E-state index is 0. The van der Waals surface area contributed by atoms with E-state index in [1.54, 1.807) is 0 Å². The molecule has 0 aliphatic carbocycles. The summed E-state index contributed by atoms with van der Waals surface area (Å²) in [5.41, 5.74) is 5.53. The lowest BCUT2D eigenvalue weighted by Gasteiger charge is -2.18. The average molecular weight is 356 g/mol. The SMILES string of the molecule is COCC(N)C(=O)NCC1CCN(CC(F)(F)F)C1.Cl.Cl. The Morgan fingerprint density at radius 2 is 2.10 bits per heavy atom. The molecule has 1 aliphatic rings. The van der Waals surface area contributed by atoms with Crippen molar-refractivity contribution in [2.75, 3.05) is 39.9 Å². The molecule has 0 aromatic carbocycles. The first-order valence-electron chi connectivity index (χ1n) is 6.13. The van der Waals surface area contributed by atoms with Crippen molar-refractivity contribution >= 4 is 30.7 Å². The summed E-state index contributed by atoms with van der Waals surface area (Å²) in [5, 5.41) is 2.64. The first-order valence-corrected chi connectivity index (χ1v) is 6.13. The van der Waals surface area contributed by atoms with Gasteiger partial charge in [-0.15, -0.1) is 24.8 Å². The Balaban J connectivity index is 0. The zero-order chi connectivity index (χ0) is 14.5. The summed E-state index contributed by atoms with van der Waals surface area (Å²) in [6.07, 6.45) is -3.52. The number of nitrogens with two attached hydrogens (primary N) is 1. The predicted octanol–water partition coefficient (Wildman–Crippen LogP) is 0.804. The third-order valence-electron chi connectivity index (χ3n) is 3.02. The van der Waals surface area contributed by atoms with Gasteiger partial charge in [-0.1, -0.05) is 0 Å². The Kier molecular flexibility index (Phi) is 11.4. The van der Waals surface area contributed by atoms with Crippen LogP contribution in [0.2, 0.25) is 0 Å². The van der Waals surface area contributed by atoms with Crippen LogP contribution in [0.3, 0.4) is 0 Å². The minimum Gasteiger partial charge on any atom is -0.383 e. The van der Waals surface area contributed by atoms with Crippen LogP contribution in [-0.2, 0) is 9.53 Å². The summed E-state index contributed by atoms with van der Waals surface area (Å²) in [6.45, 7) is 0.339. The Labute approximate surface area is 134 Å². The quantitative estimate of drug-likeness (QED) is 0.739. The fourth-order valence-corrected chi connectivity index (χ4v) is 2.11. The van der Waals surface area contributed by atoms with Gasteiger partial charge < -0.3 is 15.8 Å². The molecule has 10 heteroatoms. The highest BCUT2D eigenvalue weighted by molar-refractivity contribution is 5.85. The van der Waals surface area contributed by atoms with Crippen molar-refractivity contribution < 1.29 is 22.7 Å². The van der Waals surface area contributed by atoms with Gasteiger partial charge in [0.15, 0.2) is 0 Å². The van der Waals surface area contributed by atoms with Crippen molar-refractivity contribution in [1.82, 2.24) is 10.2 Å². The fraction of sp³-hybridized carbons (Fsp3) is 0.909. The minimum atomic E-state index is -4.17. The molecule has 5 nitrogen and oxygen atoms in total. The van der Waals surface area contributed by atoms with Crippen molar-refractivity contribution in [2.45, 2.75) is 18.6 Å². The number of amides is 1. The second kappa shape index (κ2) is 10.4. The monoisotopic (exact) mass is 355 g/mol. The molecule has 1 amide bonds. The second-order valence-electron chi connectivity index (χ2n) is 4.81. The van der Waals surface area contributed by atoms with E-state index in [2.05, 4.69) is 5.32 Å². The number of carbonyl (C=O) groups is 1. The highest BCUT2D eigenvalue weighted by Crippen LogP contribution is 2.22. The standard InChI is InChI=1S/C11H20F3N3O2.2ClH/c1-19-6-9(15)10(18)16-4-8-2-3-17(5-8)7-11(12,13)14;;/h8-9H,2-7,15H2,1H3,(H,16,18);2*1H. The van der Waals surface area contributed by atoms with Gasteiger partial charge in [-0.2, -0.15) is 13.2 Å². The molecule has 0 saturated carbocycles. The van der Waals surface area contributed by atoms with Crippen LogP contribution in [0.15, 0.2) is 0 Å². The highest BCUT2D eigenvalue weighted by Gasteiger charge is 2.34. The number of hydrogen-bond donors (Lipinski definition) is 2. The molecule has 0 bridgehead atoms. The van der Waals surface area contributed by atoms with Crippen LogP contribution in [0.4, 0.5) is 13.2 Å². The average Bonchev–Trinajstić information content (AvgIpc) is 2.71. The van der Waals surface area contributed by atoms with Gasteiger partial charge in [-0.25, -0.2) is 0 Å². The largest absolute Gasteiger partial charge is 0.401 e. The fourth-order valence-electron chi connectivity index (χ4n) is 2.11. The van der Waals surface area contributed by atoms with Gasteiger partial charge in [0.25, 0.3) is 0 Å². The van der Waals surface area contributed by atoms with Gasteiger partial charge >= 0.3 is 6.18 Å². The number of methoxy groups -OCH3 is 1. The topological polar surface area (TPSA) is 67.6 Å². The van der Waals surface area contributed by atoms with E-state index in [0.717, 1.165) is 0 Å². The van der Waals surface area contributed by atoms with Crippen LogP contribution in [-0.4, -0.2) is 62.9 Å². The van der Waals surface area contributed by atoms with Crippen molar-refractivity contribution in [3.05, 3.63) is 0 Å². The molecule has 1 rings (SSSR count). The van der Waals surface area contributed by atoms with Crippen molar-refractivity contribution in [1.29, 1.82) is 0 Å². The molecule has 0 aromatic rings. The maximum atomic E-state index is 12.2. The molecule has 2 atom stereocenters. The van der Waals surface area contributed by atoms with Crippen molar-refractivity contribution in [3.8, 4) is 0 Å². The lowest BCUT2D eigenvalue weighted by atomic mass is 10.1. The molecule has 0 radical (unpaired) electrons. The van der Waals surface area contributed by atoms with Gasteiger partial charge in [0, 0.05) is 20.2 Å². The first-order chi connectivity index (χ1) is 8.81. The van der Waals surface area contributed by atoms with Crippen molar-refractivity contribution in [2.24, 2.45) is 11.7 Å².